The topological polar surface area (TPSA) is 43.8 Å². The molecule has 0 amide bonds. The van der Waals surface area contributed by atoms with Crippen molar-refractivity contribution in [2.75, 3.05) is 32.2 Å². The maximum absolute atomic E-state index is 6.20. The van der Waals surface area contributed by atoms with Gasteiger partial charge < -0.3 is 19.1 Å². The minimum absolute atomic E-state index is 0.413. The maximum Gasteiger partial charge on any atom is 0.146 e. The summed E-state index contributed by atoms with van der Waals surface area (Å²) in [4.78, 5) is 7.40. The summed E-state index contributed by atoms with van der Waals surface area (Å²) < 4.78 is 16.9. The van der Waals surface area contributed by atoms with E-state index < -0.39 is 0 Å². The number of nitrogens with zero attached hydrogens (tertiary/aromatic N) is 2. The molecule has 2 atom stereocenters. The van der Waals surface area contributed by atoms with E-state index in [1.807, 2.05) is 30.3 Å². The van der Waals surface area contributed by atoms with E-state index in [1.165, 1.54) is 6.42 Å². The average Bonchev–Trinajstić information content (AvgIpc) is 2.76. The standard InChI is InChI=1S/C25H30N2O3/c1-17-10-18(2)15-27(14-17)24-9-8-20-6-5-7-23(25(20)26-24)30-16-19-11-21(28-3)13-22(12-19)29-4/h5-9,11-13,17-18H,10,14-16H2,1-4H3. The van der Waals surface area contributed by atoms with E-state index in [0.29, 0.717) is 18.4 Å². The summed E-state index contributed by atoms with van der Waals surface area (Å²) in [6, 6.07) is 16.1. The Kier molecular flexibility index (Phi) is 5.98. The Morgan fingerprint density at radius 3 is 2.30 bits per heavy atom. The fourth-order valence-corrected chi connectivity index (χ4v) is 4.36. The number of methoxy groups -OCH3 is 2. The van der Waals surface area contributed by atoms with E-state index in [0.717, 1.165) is 52.6 Å². The normalized spacial score (nSPS) is 19.0. The molecule has 0 bridgehead atoms. The second-order valence-electron chi connectivity index (χ2n) is 8.36. The summed E-state index contributed by atoms with van der Waals surface area (Å²) in [5.74, 6) is 4.68. The highest BCUT2D eigenvalue weighted by Crippen LogP contribution is 2.31. The van der Waals surface area contributed by atoms with Crippen LogP contribution >= 0.6 is 0 Å². The second-order valence-corrected chi connectivity index (χ2v) is 8.36. The Morgan fingerprint density at radius 2 is 1.63 bits per heavy atom. The predicted molar refractivity (Wildman–Crippen MR) is 121 cm³/mol. The molecule has 0 spiro atoms. The number of piperidine rings is 1. The number of ether oxygens (including phenoxy) is 3. The van der Waals surface area contributed by atoms with Gasteiger partial charge in [-0.2, -0.15) is 0 Å². The van der Waals surface area contributed by atoms with Gasteiger partial charge in [-0.25, -0.2) is 4.98 Å². The Morgan fingerprint density at radius 1 is 0.933 bits per heavy atom. The van der Waals surface area contributed by atoms with Gasteiger partial charge in [-0.05, 0) is 54.2 Å². The van der Waals surface area contributed by atoms with Crippen LogP contribution < -0.4 is 19.1 Å². The summed E-state index contributed by atoms with van der Waals surface area (Å²) in [6.45, 7) is 7.16. The SMILES string of the molecule is COc1cc(COc2cccc3ccc(N4CC(C)CC(C)C4)nc23)cc(OC)c1. The highest BCUT2D eigenvalue weighted by atomic mass is 16.5. The number of anilines is 1. The van der Waals surface area contributed by atoms with Crippen LogP contribution in [0.5, 0.6) is 17.2 Å². The summed E-state index contributed by atoms with van der Waals surface area (Å²) in [5.41, 5.74) is 1.88. The minimum Gasteiger partial charge on any atom is -0.497 e. The first-order valence-corrected chi connectivity index (χ1v) is 10.5. The van der Waals surface area contributed by atoms with Crippen LogP contribution in [-0.2, 0) is 6.61 Å². The molecule has 2 aromatic carbocycles. The molecule has 1 saturated heterocycles. The van der Waals surface area contributed by atoms with Crippen molar-refractivity contribution < 1.29 is 14.2 Å². The number of rotatable bonds is 6. The highest BCUT2D eigenvalue weighted by Gasteiger charge is 2.23. The minimum atomic E-state index is 0.413. The van der Waals surface area contributed by atoms with Gasteiger partial charge in [-0.3, -0.25) is 0 Å². The van der Waals surface area contributed by atoms with Gasteiger partial charge in [0.1, 0.15) is 35.2 Å². The van der Waals surface area contributed by atoms with E-state index >= 15 is 0 Å². The monoisotopic (exact) mass is 406 g/mol. The molecule has 5 heteroatoms. The first-order chi connectivity index (χ1) is 14.6. The number of benzene rings is 2. The largest absolute Gasteiger partial charge is 0.497 e. The van der Waals surface area contributed by atoms with Crippen LogP contribution in [-0.4, -0.2) is 32.3 Å². The Balaban J connectivity index is 1.60. The predicted octanol–water partition coefficient (Wildman–Crippen LogP) is 5.31. The van der Waals surface area contributed by atoms with Crippen LogP contribution in [0.25, 0.3) is 10.9 Å². The molecule has 5 nitrogen and oxygen atoms in total. The lowest BCUT2D eigenvalue weighted by Gasteiger charge is -2.35. The molecule has 0 radical (unpaired) electrons. The molecule has 4 rings (SSSR count). The number of para-hydroxylation sites is 1. The average molecular weight is 407 g/mol. The Bertz CT molecular complexity index is 988. The lowest BCUT2D eigenvalue weighted by molar-refractivity contribution is 0.307. The molecule has 1 aliphatic heterocycles. The van der Waals surface area contributed by atoms with Crippen LogP contribution in [0, 0.1) is 11.8 Å². The van der Waals surface area contributed by atoms with Gasteiger partial charge in [0.05, 0.1) is 14.2 Å². The zero-order valence-electron chi connectivity index (χ0n) is 18.2. The smallest absolute Gasteiger partial charge is 0.146 e. The fourth-order valence-electron chi connectivity index (χ4n) is 4.36. The van der Waals surface area contributed by atoms with Gasteiger partial charge in [0.2, 0.25) is 0 Å². The third-order valence-electron chi connectivity index (χ3n) is 5.67. The van der Waals surface area contributed by atoms with Gasteiger partial charge >= 0.3 is 0 Å². The molecule has 3 aromatic rings. The van der Waals surface area contributed by atoms with Crippen LogP contribution in [0.4, 0.5) is 5.82 Å². The lowest BCUT2D eigenvalue weighted by atomic mass is 9.92. The van der Waals surface area contributed by atoms with E-state index in [-0.39, 0.29) is 0 Å². The van der Waals surface area contributed by atoms with Crippen LogP contribution in [0.3, 0.4) is 0 Å². The van der Waals surface area contributed by atoms with Gasteiger partial charge in [-0.1, -0.05) is 26.0 Å². The summed E-state index contributed by atoms with van der Waals surface area (Å²) in [7, 11) is 3.30. The first-order valence-electron chi connectivity index (χ1n) is 10.5. The lowest BCUT2D eigenvalue weighted by Crippen LogP contribution is -2.39. The van der Waals surface area contributed by atoms with Gasteiger partial charge in [0.25, 0.3) is 0 Å². The number of hydrogen-bond acceptors (Lipinski definition) is 5. The maximum atomic E-state index is 6.20. The molecule has 2 heterocycles. The zero-order valence-corrected chi connectivity index (χ0v) is 18.2. The van der Waals surface area contributed by atoms with Crippen molar-refractivity contribution in [3.8, 4) is 17.2 Å². The number of aromatic nitrogens is 1. The number of hydrogen-bond donors (Lipinski definition) is 0. The van der Waals surface area contributed by atoms with Crippen molar-refractivity contribution in [2.24, 2.45) is 11.8 Å². The zero-order chi connectivity index (χ0) is 21.1. The molecule has 158 valence electrons. The quantitative estimate of drug-likeness (QED) is 0.555. The molecule has 1 fully saturated rings. The fraction of sp³-hybridized carbons (Fsp3) is 0.400. The molecule has 0 N–H and O–H groups in total. The summed E-state index contributed by atoms with van der Waals surface area (Å²) in [5, 5.41) is 1.08. The number of pyridine rings is 1. The summed E-state index contributed by atoms with van der Waals surface area (Å²) in [6.07, 6.45) is 1.28. The molecule has 30 heavy (non-hydrogen) atoms. The van der Waals surface area contributed by atoms with Crippen LogP contribution in [0.2, 0.25) is 0 Å². The molecule has 0 saturated carbocycles. The van der Waals surface area contributed by atoms with E-state index in [1.54, 1.807) is 14.2 Å². The molecule has 0 aliphatic carbocycles. The van der Waals surface area contributed by atoms with E-state index in [9.17, 15) is 0 Å². The van der Waals surface area contributed by atoms with Crippen molar-refractivity contribution >= 4 is 16.7 Å². The van der Waals surface area contributed by atoms with Gasteiger partial charge in [0.15, 0.2) is 0 Å². The Labute approximate surface area is 178 Å². The van der Waals surface area contributed by atoms with Crippen molar-refractivity contribution in [3.05, 3.63) is 54.1 Å². The van der Waals surface area contributed by atoms with Crippen molar-refractivity contribution in [2.45, 2.75) is 26.9 Å². The molecule has 1 aliphatic rings. The van der Waals surface area contributed by atoms with Crippen molar-refractivity contribution in [1.82, 2.24) is 4.98 Å². The number of fused-ring (bicyclic) bond motifs is 1. The third-order valence-corrected chi connectivity index (χ3v) is 5.67. The molecule has 1 aromatic heterocycles. The van der Waals surface area contributed by atoms with E-state index in [4.69, 9.17) is 19.2 Å². The second kappa shape index (κ2) is 8.82. The Hall–Kier alpha value is -2.95. The summed E-state index contributed by atoms with van der Waals surface area (Å²) >= 11 is 0. The molecular formula is C25H30N2O3. The van der Waals surface area contributed by atoms with Crippen LogP contribution in [0.1, 0.15) is 25.8 Å². The van der Waals surface area contributed by atoms with Crippen molar-refractivity contribution in [3.63, 3.8) is 0 Å². The first kappa shape index (κ1) is 20.3. The van der Waals surface area contributed by atoms with Crippen LogP contribution in [0.15, 0.2) is 48.5 Å². The highest BCUT2D eigenvalue weighted by molar-refractivity contribution is 5.86. The molecular weight excluding hydrogens is 376 g/mol. The molecule has 2 unspecified atom stereocenters. The van der Waals surface area contributed by atoms with Gasteiger partial charge in [-0.15, -0.1) is 0 Å². The van der Waals surface area contributed by atoms with E-state index in [2.05, 4.69) is 36.9 Å². The third kappa shape index (κ3) is 4.45. The van der Waals surface area contributed by atoms with Crippen molar-refractivity contribution in [1.29, 1.82) is 0 Å². The van der Waals surface area contributed by atoms with Gasteiger partial charge in [0, 0.05) is 24.5 Å².